The summed E-state index contributed by atoms with van der Waals surface area (Å²) in [5, 5.41) is 10.9. The van der Waals surface area contributed by atoms with Gasteiger partial charge in [0.25, 0.3) is 5.91 Å². The fraction of sp³-hybridized carbons (Fsp3) is 0.560. The summed E-state index contributed by atoms with van der Waals surface area (Å²) in [7, 11) is 0. The smallest absolute Gasteiger partial charge is 0.471 e. The number of amides is 2. The molecule has 1 aromatic carbocycles. The molecule has 0 aliphatic carbocycles. The van der Waals surface area contributed by atoms with Gasteiger partial charge in [-0.15, -0.1) is 11.3 Å². The normalized spacial score (nSPS) is 17.6. The van der Waals surface area contributed by atoms with Gasteiger partial charge >= 0.3 is 18.3 Å². The van der Waals surface area contributed by atoms with Crippen molar-refractivity contribution in [2.45, 2.75) is 70.1 Å². The molecule has 1 aromatic heterocycles. The van der Waals surface area contributed by atoms with Gasteiger partial charge in [-0.3, -0.25) is 9.59 Å². The molecule has 15 heteroatoms. The average Bonchev–Trinajstić information content (AvgIpc) is 3.50. The Balaban J connectivity index is 1.98. The number of rotatable bonds is 8. The van der Waals surface area contributed by atoms with Crippen molar-refractivity contribution in [3.63, 3.8) is 0 Å². The number of hydrogen-bond donors (Lipinski definition) is 2. The third-order valence-electron chi connectivity index (χ3n) is 5.87. The van der Waals surface area contributed by atoms with E-state index in [0.29, 0.717) is 25.3 Å². The third-order valence-corrected chi connectivity index (χ3v) is 7.32. The predicted molar refractivity (Wildman–Crippen MR) is 132 cm³/mol. The average molecular weight is 598 g/mol. The van der Waals surface area contributed by atoms with Gasteiger partial charge in [0.15, 0.2) is 4.80 Å². The molecule has 1 aliphatic heterocycles. The van der Waals surface area contributed by atoms with Crippen molar-refractivity contribution in [3.8, 4) is 5.75 Å². The summed E-state index contributed by atoms with van der Waals surface area (Å²) in [5.41, 5.74) is -2.08. The second-order valence-electron chi connectivity index (χ2n) is 10.2. The Kier molecular flexibility index (Phi) is 9.73. The van der Waals surface area contributed by atoms with Crippen molar-refractivity contribution in [3.05, 3.63) is 45.2 Å². The maximum atomic E-state index is 13.5. The molecule has 1 aliphatic rings. The van der Waals surface area contributed by atoms with E-state index in [4.69, 9.17) is 9.47 Å². The number of aliphatic hydroxyl groups is 1. The topological polar surface area (TPSA) is 102 Å². The minimum absolute atomic E-state index is 0.119. The third kappa shape index (κ3) is 8.30. The van der Waals surface area contributed by atoms with E-state index in [0.717, 1.165) is 23.8 Å². The molecule has 3 rings (SSSR count). The lowest BCUT2D eigenvalue weighted by Gasteiger charge is -2.19. The molecule has 222 valence electrons. The molecule has 1 fully saturated rings. The van der Waals surface area contributed by atoms with Gasteiger partial charge in [-0.1, -0.05) is 20.8 Å². The first-order valence-corrected chi connectivity index (χ1v) is 13.0. The van der Waals surface area contributed by atoms with Crippen molar-refractivity contribution in [1.29, 1.82) is 0 Å². The number of carbonyl (C=O) groups is 2. The fourth-order valence-corrected chi connectivity index (χ4v) is 4.75. The van der Waals surface area contributed by atoms with Crippen LogP contribution in [0.3, 0.4) is 0 Å². The molecule has 0 saturated carbocycles. The van der Waals surface area contributed by atoms with Gasteiger partial charge in [0.05, 0.1) is 36.4 Å². The number of nitrogens with zero attached hydrogens (tertiary/aromatic N) is 2. The summed E-state index contributed by atoms with van der Waals surface area (Å²) in [6, 6.07) is 0.443. The molecule has 0 bridgehead atoms. The fourth-order valence-electron chi connectivity index (χ4n) is 3.70. The maximum absolute atomic E-state index is 13.5. The first-order valence-electron chi connectivity index (χ1n) is 12.2. The quantitative estimate of drug-likeness (QED) is 0.445. The molecule has 2 N–H and O–H groups in total. The number of hydrogen-bond acceptors (Lipinski definition) is 6. The molecule has 0 radical (unpaired) electrons. The highest BCUT2D eigenvalue weighted by Gasteiger charge is 2.40. The van der Waals surface area contributed by atoms with Gasteiger partial charge in [-0.05, 0) is 36.5 Å². The van der Waals surface area contributed by atoms with E-state index in [9.17, 15) is 41.0 Å². The summed E-state index contributed by atoms with van der Waals surface area (Å²) in [6.07, 6.45) is -6.68. The molecule has 2 atom stereocenters. The Morgan fingerprint density at radius 2 is 1.93 bits per heavy atom. The van der Waals surface area contributed by atoms with Crippen LogP contribution in [0.2, 0.25) is 0 Å². The van der Waals surface area contributed by atoms with Crippen LogP contribution >= 0.6 is 11.3 Å². The molecule has 0 spiro atoms. The van der Waals surface area contributed by atoms with Crippen molar-refractivity contribution in [2.24, 2.45) is 4.99 Å². The van der Waals surface area contributed by atoms with Gasteiger partial charge in [-0.2, -0.15) is 31.3 Å². The second kappa shape index (κ2) is 12.3. The van der Waals surface area contributed by atoms with Crippen LogP contribution in [0.1, 0.15) is 54.4 Å². The predicted octanol–water partition coefficient (Wildman–Crippen LogP) is 4.20. The molecule has 0 unspecified atom stereocenters. The van der Waals surface area contributed by atoms with E-state index in [-0.39, 0.29) is 16.3 Å². The standard InChI is InChI=1S/C25H29F6N3O5S/c1-23(2,3)19-11-34(10-16-5-4-8-38-16)22(40-19)33-20(36)17-9-14(24(26,27)28)6-7-18(17)39-13-15(12-35)32-21(37)25(29,30)31/h6-7,9,11,15-16,35H,4-5,8,10,12-13H2,1-3H3,(H,32,37)/t15-,16-/m1/s1. The van der Waals surface area contributed by atoms with Crippen LogP contribution in [0.4, 0.5) is 26.3 Å². The van der Waals surface area contributed by atoms with Crippen LogP contribution in [0, 0.1) is 0 Å². The zero-order valence-corrected chi connectivity index (χ0v) is 22.7. The molecule has 40 heavy (non-hydrogen) atoms. The lowest BCUT2D eigenvalue weighted by molar-refractivity contribution is -0.174. The van der Waals surface area contributed by atoms with Crippen LogP contribution in [-0.4, -0.2) is 59.6 Å². The number of ether oxygens (including phenoxy) is 2. The first kappa shape index (κ1) is 31.6. The lowest BCUT2D eigenvalue weighted by atomic mass is 9.95. The number of halogens is 6. The molecule has 1 saturated heterocycles. The first-order chi connectivity index (χ1) is 18.5. The lowest BCUT2D eigenvalue weighted by Crippen LogP contribution is -2.47. The molecule has 8 nitrogen and oxygen atoms in total. The number of aliphatic hydroxyl groups excluding tert-OH is 1. The van der Waals surface area contributed by atoms with E-state index < -0.39 is 60.3 Å². The largest absolute Gasteiger partial charge is 0.491 e. The van der Waals surface area contributed by atoms with Crippen LogP contribution in [-0.2, 0) is 27.7 Å². The Bertz CT molecular complexity index is 1270. The number of aromatic nitrogens is 1. The van der Waals surface area contributed by atoms with Gasteiger partial charge in [-0.25, -0.2) is 0 Å². The minimum Gasteiger partial charge on any atom is -0.491 e. The van der Waals surface area contributed by atoms with Gasteiger partial charge in [0.1, 0.15) is 12.4 Å². The highest BCUT2D eigenvalue weighted by Crippen LogP contribution is 2.33. The number of nitrogens with one attached hydrogen (secondary N) is 1. The maximum Gasteiger partial charge on any atom is 0.471 e. The summed E-state index contributed by atoms with van der Waals surface area (Å²) < 4.78 is 90.8. The number of benzene rings is 1. The van der Waals surface area contributed by atoms with Gasteiger partial charge in [0, 0.05) is 17.7 Å². The van der Waals surface area contributed by atoms with Crippen molar-refractivity contribution < 1.29 is 50.5 Å². The van der Waals surface area contributed by atoms with Crippen molar-refractivity contribution in [2.75, 3.05) is 19.8 Å². The van der Waals surface area contributed by atoms with Crippen LogP contribution in [0.15, 0.2) is 29.4 Å². The second-order valence-corrected chi connectivity index (χ2v) is 11.2. The number of alkyl halides is 6. The molecular formula is C25H29F6N3O5S. The van der Waals surface area contributed by atoms with Crippen LogP contribution < -0.4 is 14.9 Å². The van der Waals surface area contributed by atoms with Crippen LogP contribution in [0.5, 0.6) is 5.75 Å². The number of thiazole rings is 1. The summed E-state index contributed by atoms with van der Waals surface area (Å²) in [5.74, 6) is -3.83. The van der Waals surface area contributed by atoms with Gasteiger partial charge < -0.3 is 24.5 Å². The zero-order valence-electron chi connectivity index (χ0n) is 21.9. The monoisotopic (exact) mass is 597 g/mol. The van der Waals surface area contributed by atoms with E-state index >= 15 is 0 Å². The summed E-state index contributed by atoms with van der Waals surface area (Å²) >= 11 is 1.19. The highest BCUT2D eigenvalue weighted by molar-refractivity contribution is 7.09. The minimum atomic E-state index is -5.23. The molecule has 2 aromatic rings. The number of carbonyl (C=O) groups excluding carboxylic acids is 2. The van der Waals surface area contributed by atoms with Crippen LogP contribution in [0.25, 0.3) is 0 Å². The highest BCUT2D eigenvalue weighted by atomic mass is 32.1. The Labute approximate surface area is 229 Å². The SMILES string of the molecule is CC(C)(C)c1cn(C[C@H]2CCCO2)c(=NC(=O)c2cc(C(F)(F)F)ccc2OC[C@@H](CO)NC(=O)C(F)(F)F)s1. The van der Waals surface area contributed by atoms with E-state index in [1.807, 2.05) is 27.0 Å². The Hall–Kier alpha value is -2.91. The van der Waals surface area contributed by atoms with Crippen molar-refractivity contribution >= 4 is 23.2 Å². The summed E-state index contributed by atoms with van der Waals surface area (Å²) in [6.45, 7) is 5.09. The molecule has 2 amide bonds. The zero-order chi connectivity index (χ0) is 29.9. The van der Waals surface area contributed by atoms with Gasteiger partial charge in [0.2, 0.25) is 0 Å². The molecular weight excluding hydrogens is 568 g/mol. The molecule has 2 heterocycles. The van der Waals surface area contributed by atoms with E-state index in [2.05, 4.69) is 4.99 Å². The van der Waals surface area contributed by atoms with Crippen molar-refractivity contribution in [1.82, 2.24) is 9.88 Å². The summed E-state index contributed by atoms with van der Waals surface area (Å²) in [4.78, 5) is 29.6. The van der Waals surface area contributed by atoms with E-state index in [1.165, 1.54) is 16.7 Å². The Morgan fingerprint density at radius 3 is 2.48 bits per heavy atom. The Morgan fingerprint density at radius 1 is 1.23 bits per heavy atom. The van der Waals surface area contributed by atoms with E-state index in [1.54, 1.807) is 4.57 Å².